The van der Waals surface area contributed by atoms with E-state index in [-0.39, 0.29) is 6.29 Å². The Labute approximate surface area is 111 Å². The fourth-order valence-electron chi connectivity index (χ4n) is 1.03. The molecule has 16 heavy (non-hydrogen) atoms. The van der Waals surface area contributed by atoms with Gasteiger partial charge in [0.1, 0.15) is 7.11 Å². The van der Waals surface area contributed by atoms with E-state index in [0.29, 0.717) is 0 Å². The van der Waals surface area contributed by atoms with E-state index in [2.05, 4.69) is 4.74 Å². The van der Waals surface area contributed by atoms with Crippen LogP contribution in [0.1, 0.15) is 5.56 Å². The minimum atomic E-state index is -0.556. The molecule has 2 nitrogen and oxygen atoms in total. The summed E-state index contributed by atoms with van der Waals surface area (Å²) in [7, 11) is 13.2. The molecule has 0 heterocycles. The van der Waals surface area contributed by atoms with E-state index in [1.165, 1.54) is 0 Å². The third-order valence-corrected chi connectivity index (χ3v) is 1.75. The van der Waals surface area contributed by atoms with Crippen LogP contribution in [0.25, 0.3) is 6.08 Å². The number of rotatable bonds is 4. The van der Waals surface area contributed by atoms with Gasteiger partial charge in [-0.15, -0.1) is 0 Å². The second kappa shape index (κ2) is 11.5. The molecule has 0 saturated heterocycles. The van der Waals surface area contributed by atoms with Crippen LogP contribution in [-0.4, -0.2) is 38.8 Å². The maximum atomic E-state index is 5.07. The van der Waals surface area contributed by atoms with Crippen molar-refractivity contribution in [3.05, 3.63) is 42.0 Å². The number of hydrogen-bond acceptors (Lipinski definition) is 1. The molecule has 88 valence electrons. The van der Waals surface area contributed by atoms with Crippen molar-refractivity contribution in [2.24, 2.45) is 0 Å². The normalized spacial score (nSPS) is 12.0. The zero-order valence-corrected chi connectivity index (χ0v) is 12.8. The summed E-state index contributed by atoms with van der Waals surface area (Å²) in [6.07, 6.45) is 3.79. The summed E-state index contributed by atoms with van der Waals surface area (Å²) in [5.74, 6) is 0. The van der Waals surface area contributed by atoms with Crippen LogP contribution in [-0.2, 0) is 4.74 Å². The first kappa shape index (κ1) is 16.0. The van der Waals surface area contributed by atoms with Crippen LogP contribution in [0, 0.1) is 0 Å². The van der Waals surface area contributed by atoms with Gasteiger partial charge >= 0.3 is 33.6 Å². The molecule has 1 rings (SSSR count). The standard InChI is InChI=1S/C11H14O2.Cl2Ge/c1-12-11(13-2)9-8-10-6-4-3-5-7-10;1-3-2/h3-9,11H,1-2H3;/p+1/b9-8+;. The van der Waals surface area contributed by atoms with Crippen molar-refractivity contribution in [1.29, 1.82) is 0 Å². The van der Waals surface area contributed by atoms with Gasteiger partial charge in [-0.25, -0.2) is 0 Å². The monoisotopic (exact) mass is 323 g/mol. The van der Waals surface area contributed by atoms with Gasteiger partial charge in [0, 0.05) is 13.2 Å². The maximum absolute atomic E-state index is 5.07. The van der Waals surface area contributed by atoms with E-state index < -0.39 is 13.6 Å². The molecule has 0 fully saturated rings. The predicted octanol–water partition coefficient (Wildman–Crippen LogP) is 2.83. The van der Waals surface area contributed by atoms with Crippen LogP contribution in [0.5, 0.6) is 0 Å². The third-order valence-electron chi connectivity index (χ3n) is 1.75. The van der Waals surface area contributed by atoms with Crippen molar-refractivity contribution in [3.63, 3.8) is 0 Å². The van der Waals surface area contributed by atoms with Gasteiger partial charge in [0.25, 0.3) is 6.29 Å². The SMILES string of the molecule is COC(/C=C/c1ccccc1)[OH+]C.[Cl][Ge][Cl]. The number of hydrogen-bond donors (Lipinski definition) is 0. The topological polar surface area (TPSA) is 22.0 Å². The van der Waals surface area contributed by atoms with Gasteiger partial charge in [-0.3, -0.25) is 0 Å². The van der Waals surface area contributed by atoms with E-state index in [0.717, 1.165) is 5.56 Å². The summed E-state index contributed by atoms with van der Waals surface area (Å²) in [6.45, 7) is 0. The molecule has 1 atom stereocenters. The molecular formula is C11H15Cl2GeO2+. The van der Waals surface area contributed by atoms with Gasteiger partial charge in [0.2, 0.25) is 0 Å². The molecule has 1 aromatic rings. The van der Waals surface area contributed by atoms with E-state index in [1.54, 1.807) is 14.2 Å². The predicted molar refractivity (Wildman–Crippen MR) is 71.9 cm³/mol. The first-order valence-electron chi connectivity index (χ1n) is 4.59. The minimum absolute atomic E-state index is 0.139. The van der Waals surface area contributed by atoms with E-state index in [9.17, 15) is 0 Å². The van der Waals surface area contributed by atoms with Crippen molar-refractivity contribution in [2.75, 3.05) is 14.2 Å². The zero-order chi connectivity index (χ0) is 12.2. The Kier molecular flexibility index (Phi) is 11.5. The molecule has 0 amide bonds. The molecule has 0 aliphatic rings. The van der Waals surface area contributed by atoms with Gasteiger partial charge in [-0.05, 0) is 11.6 Å². The van der Waals surface area contributed by atoms with Crippen molar-refractivity contribution in [2.45, 2.75) is 6.29 Å². The molecular weight excluding hydrogens is 308 g/mol. The van der Waals surface area contributed by atoms with E-state index >= 15 is 0 Å². The zero-order valence-electron chi connectivity index (χ0n) is 9.23. The second-order valence-corrected chi connectivity index (χ2v) is 5.99. The van der Waals surface area contributed by atoms with Crippen LogP contribution >= 0.6 is 20.0 Å². The summed E-state index contributed by atoms with van der Waals surface area (Å²) in [5.41, 5.74) is 1.16. The van der Waals surface area contributed by atoms with Crippen LogP contribution in [0.2, 0.25) is 0 Å². The molecule has 2 radical (unpaired) electrons. The molecule has 5 heteroatoms. The van der Waals surface area contributed by atoms with Crippen LogP contribution < -0.4 is 0 Å². The van der Waals surface area contributed by atoms with Gasteiger partial charge in [-0.2, -0.15) is 0 Å². The fraction of sp³-hybridized carbons (Fsp3) is 0.273. The van der Waals surface area contributed by atoms with Gasteiger partial charge in [0.15, 0.2) is 0 Å². The Morgan fingerprint density at radius 3 is 2.31 bits per heavy atom. The Morgan fingerprint density at radius 1 is 1.31 bits per heavy atom. The Morgan fingerprint density at radius 2 is 1.88 bits per heavy atom. The third kappa shape index (κ3) is 8.19. The molecule has 1 unspecified atom stereocenters. The number of halogens is 2. The average molecular weight is 323 g/mol. The average Bonchev–Trinajstić information content (AvgIpc) is 2.33. The van der Waals surface area contributed by atoms with Crippen molar-refractivity contribution in [1.82, 2.24) is 0 Å². The molecule has 0 bridgehead atoms. The van der Waals surface area contributed by atoms with Crippen molar-refractivity contribution in [3.8, 4) is 0 Å². The molecule has 0 aliphatic carbocycles. The first-order valence-corrected chi connectivity index (χ1v) is 10.1. The van der Waals surface area contributed by atoms with Crippen molar-refractivity contribution >= 4 is 39.7 Å². The van der Waals surface area contributed by atoms with Crippen LogP contribution in [0.4, 0.5) is 0 Å². The van der Waals surface area contributed by atoms with E-state index in [1.807, 2.05) is 42.5 Å². The Bertz CT molecular complexity index is 277. The number of ether oxygens (including phenoxy) is 2. The number of aliphatic hydroxyl groups is 2. The van der Waals surface area contributed by atoms with Crippen molar-refractivity contribution < 1.29 is 9.47 Å². The molecule has 1 N–H and O–H groups in total. The first-order chi connectivity index (χ1) is 7.78. The van der Waals surface area contributed by atoms with Gasteiger partial charge in [-0.1, -0.05) is 30.3 Å². The number of methoxy groups -OCH3 is 1. The number of benzene rings is 1. The molecule has 0 saturated carbocycles. The molecule has 0 spiro atoms. The quantitative estimate of drug-likeness (QED) is 0.475. The van der Waals surface area contributed by atoms with Crippen LogP contribution in [0.15, 0.2) is 36.4 Å². The Hall–Kier alpha value is 0.00286. The fourth-order valence-corrected chi connectivity index (χ4v) is 1.03. The van der Waals surface area contributed by atoms with Gasteiger partial charge < -0.3 is 9.47 Å². The second-order valence-electron chi connectivity index (χ2n) is 2.73. The molecule has 0 aromatic heterocycles. The Balaban J connectivity index is 0.000000673. The summed E-state index contributed by atoms with van der Waals surface area (Å²) in [5, 5.41) is 0. The van der Waals surface area contributed by atoms with E-state index in [4.69, 9.17) is 24.8 Å². The summed E-state index contributed by atoms with van der Waals surface area (Å²) in [6, 6.07) is 10.1. The summed E-state index contributed by atoms with van der Waals surface area (Å²) in [4.78, 5) is 0. The summed E-state index contributed by atoms with van der Waals surface area (Å²) >= 11 is -0.556. The van der Waals surface area contributed by atoms with Gasteiger partial charge in [0.05, 0.1) is 0 Å². The molecule has 1 aromatic carbocycles. The summed E-state index contributed by atoms with van der Waals surface area (Å²) < 4.78 is 9.08. The molecule has 0 aliphatic heterocycles. The van der Waals surface area contributed by atoms with Crippen LogP contribution in [0.3, 0.4) is 0 Å².